The van der Waals surface area contributed by atoms with E-state index < -0.39 is 79.6 Å². The fraction of sp³-hybridized carbons (Fsp3) is 0.525. The van der Waals surface area contributed by atoms with Crippen LogP contribution in [-0.2, 0) is 29.1 Å². The summed E-state index contributed by atoms with van der Waals surface area (Å²) in [6.07, 6.45) is 5.54. The van der Waals surface area contributed by atoms with Gasteiger partial charge in [-0.25, -0.2) is 18.2 Å². The number of amides is 4. The second kappa shape index (κ2) is 14.4. The Hall–Kier alpha value is -4.70. The van der Waals surface area contributed by atoms with Gasteiger partial charge in [0.05, 0.1) is 25.5 Å². The van der Waals surface area contributed by atoms with E-state index in [1.165, 1.54) is 22.3 Å². The minimum absolute atomic E-state index is 0.0124. The number of cyclic esters (lactones) is 1. The van der Waals surface area contributed by atoms with E-state index in [-0.39, 0.29) is 26.0 Å². The van der Waals surface area contributed by atoms with E-state index in [0.29, 0.717) is 36.3 Å². The third-order valence-corrected chi connectivity index (χ3v) is 13.7. The van der Waals surface area contributed by atoms with Gasteiger partial charge >= 0.3 is 6.09 Å². The number of carbonyl (C=O) groups is 4. The first-order chi connectivity index (χ1) is 26.4. The Kier molecular flexibility index (Phi) is 10.1. The van der Waals surface area contributed by atoms with Crippen LogP contribution in [-0.4, -0.2) is 91.4 Å². The first-order valence-electron chi connectivity index (χ1n) is 18.8. The van der Waals surface area contributed by atoms with E-state index in [4.69, 9.17) is 19.2 Å². The lowest BCUT2D eigenvalue weighted by Gasteiger charge is -2.35. The van der Waals surface area contributed by atoms with Gasteiger partial charge in [0.1, 0.15) is 34.3 Å². The van der Waals surface area contributed by atoms with Gasteiger partial charge < -0.3 is 29.7 Å². The molecule has 2 saturated carbocycles. The van der Waals surface area contributed by atoms with Crippen LogP contribution in [0.5, 0.6) is 11.6 Å². The summed E-state index contributed by atoms with van der Waals surface area (Å²) in [5.74, 6) is -1.63. The number of carbonyl (C=O) groups excluding carboxylic acids is 4. The highest BCUT2D eigenvalue weighted by Crippen LogP contribution is 2.46. The highest BCUT2D eigenvalue weighted by Gasteiger charge is 2.62. The number of fused-ring (bicyclic) bond motifs is 5. The number of benzene rings is 1. The van der Waals surface area contributed by atoms with E-state index in [1.54, 1.807) is 27.9 Å². The second-order valence-corrected chi connectivity index (χ2v) is 20.0. The number of ether oxygens (including phenoxy) is 3. The standard InChI is InChI=1S/C40H49N5O9S2/c1-8-23-19-40(23,36(48)44-56(50,51)25-11-12-25)43-32(46)29-17-24-20-45(29)35(47)31(38(2,3)4)41-37(49)53-21-39(5,6)14-9-10-22-16-28-27(18-30(22)52-7)26-13-15-55-34(26)42-33(28)54-24/h8-10,13,15-16,18,23-25,29,31H,1,11-12,14,17,19-21H2,2-7H3,(H,41,49)(H,43,46)(H,44,48)/b10-9+/t23-,24-,29+,31-,40-/m1/s1. The Morgan fingerprint density at radius 3 is 2.57 bits per heavy atom. The molecule has 2 aliphatic heterocycles. The molecule has 7 rings (SSSR count). The number of aromatic nitrogens is 1. The van der Waals surface area contributed by atoms with E-state index >= 15 is 0 Å². The molecule has 0 unspecified atom stereocenters. The highest BCUT2D eigenvalue weighted by molar-refractivity contribution is 7.91. The fourth-order valence-corrected chi connectivity index (χ4v) is 9.63. The van der Waals surface area contributed by atoms with Gasteiger partial charge in [-0.2, -0.15) is 0 Å². The summed E-state index contributed by atoms with van der Waals surface area (Å²) >= 11 is 1.45. The molecule has 300 valence electrons. The molecule has 1 aromatic carbocycles. The Labute approximate surface area is 330 Å². The second-order valence-electron chi connectivity index (χ2n) is 17.2. The van der Waals surface area contributed by atoms with Crippen molar-refractivity contribution in [3.63, 3.8) is 0 Å². The van der Waals surface area contributed by atoms with Crippen LogP contribution in [0.4, 0.5) is 4.79 Å². The zero-order chi connectivity index (χ0) is 40.4. The van der Waals surface area contributed by atoms with Crippen LogP contribution in [0.1, 0.15) is 72.3 Å². The predicted octanol–water partition coefficient (Wildman–Crippen LogP) is 5.06. The number of nitrogens with one attached hydrogen (secondary N) is 3. The van der Waals surface area contributed by atoms with Crippen LogP contribution in [0.15, 0.2) is 42.3 Å². The topological polar surface area (TPSA) is 182 Å². The molecule has 3 N–H and O–H groups in total. The number of nitrogens with zero attached hydrogens (tertiary/aromatic N) is 2. The van der Waals surface area contributed by atoms with Crippen LogP contribution in [0.2, 0.25) is 0 Å². The van der Waals surface area contributed by atoms with Gasteiger partial charge in [-0.05, 0) is 54.7 Å². The maximum absolute atomic E-state index is 14.7. The molecule has 1 saturated heterocycles. The lowest BCUT2D eigenvalue weighted by Crippen LogP contribution is -2.60. The summed E-state index contributed by atoms with van der Waals surface area (Å²) in [6.45, 7) is 13.1. The van der Waals surface area contributed by atoms with Crippen molar-refractivity contribution in [2.45, 2.75) is 95.7 Å². The SMILES string of the molecule is C=C[C@@H]1C[C@]1(NC(=O)[C@@H]1C[C@@H]2CN1C(=O)[C@H](C(C)(C)C)NC(=O)OCC(C)(C)C/C=C/c1cc3c(nc4sccc4c3cc1OC)O2)C(=O)NS(=O)(=O)C1CC1. The zero-order valence-corrected chi connectivity index (χ0v) is 34.1. The molecule has 14 nitrogen and oxygen atoms in total. The smallest absolute Gasteiger partial charge is 0.407 e. The lowest BCUT2D eigenvalue weighted by atomic mass is 9.85. The first kappa shape index (κ1) is 39.5. The molecule has 4 bridgehead atoms. The quantitative estimate of drug-likeness (QED) is 0.273. The van der Waals surface area contributed by atoms with Crippen LogP contribution in [0.3, 0.4) is 0 Å². The molecule has 2 aliphatic carbocycles. The van der Waals surface area contributed by atoms with Crippen molar-refractivity contribution in [3.8, 4) is 11.6 Å². The van der Waals surface area contributed by atoms with Crippen LogP contribution in [0.25, 0.3) is 27.1 Å². The predicted molar refractivity (Wildman–Crippen MR) is 213 cm³/mol. The molecule has 4 aliphatic rings. The molecule has 2 aromatic heterocycles. The van der Waals surface area contributed by atoms with Gasteiger partial charge in [0.15, 0.2) is 0 Å². The first-order valence-corrected chi connectivity index (χ1v) is 21.2. The van der Waals surface area contributed by atoms with E-state index in [0.717, 1.165) is 21.2 Å². The number of thiophene rings is 1. The number of alkyl carbamates (subject to hydrolysis) is 1. The van der Waals surface area contributed by atoms with Gasteiger partial charge in [0.2, 0.25) is 27.7 Å². The molecule has 5 atom stereocenters. The number of hydrogen-bond acceptors (Lipinski definition) is 11. The fourth-order valence-electron chi connectivity index (χ4n) is 7.49. The maximum atomic E-state index is 14.7. The summed E-state index contributed by atoms with van der Waals surface area (Å²) in [5.41, 5.74) is -2.08. The van der Waals surface area contributed by atoms with Crippen molar-refractivity contribution in [1.29, 1.82) is 0 Å². The van der Waals surface area contributed by atoms with Gasteiger partial charge in [-0.1, -0.05) is 52.8 Å². The van der Waals surface area contributed by atoms with Crippen molar-refractivity contribution >= 4 is 72.2 Å². The third kappa shape index (κ3) is 7.69. The summed E-state index contributed by atoms with van der Waals surface area (Å²) in [5, 5.41) is 9.37. The number of rotatable bonds is 7. The largest absolute Gasteiger partial charge is 0.496 e. The average Bonchev–Trinajstić information content (AvgIpc) is 4.02. The minimum Gasteiger partial charge on any atom is -0.496 e. The van der Waals surface area contributed by atoms with Crippen molar-refractivity contribution in [1.82, 2.24) is 25.2 Å². The summed E-state index contributed by atoms with van der Waals surface area (Å²) in [6, 6.07) is 3.60. The number of sulfonamides is 1. The molecule has 3 aromatic rings. The van der Waals surface area contributed by atoms with Gasteiger partial charge in [-0.15, -0.1) is 17.9 Å². The highest BCUT2D eigenvalue weighted by atomic mass is 32.2. The van der Waals surface area contributed by atoms with Crippen molar-refractivity contribution in [2.75, 3.05) is 20.3 Å². The van der Waals surface area contributed by atoms with Crippen molar-refractivity contribution in [2.24, 2.45) is 16.7 Å². The molecule has 16 heteroatoms. The zero-order valence-electron chi connectivity index (χ0n) is 32.5. The van der Waals surface area contributed by atoms with E-state index in [2.05, 4.69) is 21.9 Å². The third-order valence-electron chi connectivity index (χ3n) is 11.1. The Morgan fingerprint density at radius 2 is 1.91 bits per heavy atom. The monoisotopic (exact) mass is 807 g/mol. The molecule has 3 fully saturated rings. The van der Waals surface area contributed by atoms with Crippen LogP contribution < -0.4 is 24.8 Å². The summed E-state index contributed by atoms with van der Waals surface area (Å²) in [7, 11) is -2.31. The lowest BCUT2D eigenvalue weighted by molar-refractivity contribution is -0.142. The van der Waals surface area contributed by atoms with Gasteiger partial charge in [0.25, 0.3) is 5.91 Å². The van der Waals surface area contributed by atoms with Gasteiger partial charge in [-0.3, -0.25) is 19.1 Å². The average molecular weight is 808 g/mol. The van der Waals surface area contributed by atoms with E-state index in [9.17, 15) is 27.6 Å². The maximum Gasteiger partial charge on any atom is 0.407 e. The van der Waals surface area contributed by atoms with Gasteiger partial charge in [0, 0.05) is 39.5 Å². The molecule has 4 heterocycles. The molecule has 4 amide bonds. The number of allylic oxidation sites excluding steroid dienone is 1. The molecular weight excluding hydrogens is 759 g/mol. The number of pyridine rings is 1. The molecule has 0 radical (unpaired) electrons. The Balaban J connectivity index is 1.29. The minimum atomic E-state index is -3.91. The molecule has 56 heavy (non-hydrogen) atoms. The number of methoxy groups -OCH3 is 1. The normalized spacial score (nSPS) is 27.4. The van der Waals surface area contributed by atoms with E-state index in [1.807, 2.05) is 49.6 Å². The molecular formula is C40H49N5O9S2. The summed E-state index contributed by atoms with van der Waals surface area (Å²) < 4.78 is 45.9. The van der Waals surface area contributed by atoms with Crippen LogP contribution in [0, 0.1) is 16.7 Å². The summed E-state index contributed by atoms with van der Waals surface area (Å²) in [4.78, 5) is 63.0. The number of hydrogen-bond donors (Lipinski definition) is 3. The van der Waals surface area contributed by atoms with Crippen LogP contribution >= 0.6 is 11.3 Å². The van der Waals surface area contributed by atoms with Crippen molar-refractivity contribution in [3.05, 3.63) is 47.9 Å². The Morgan fingerprint density at radius 1 is 1.16 bits per heavy atom. The molecule has 0 spiro atoms. The Bertz CT molecular complexity index is 2260. The van der Waals surface area contributed by atoms with Crippen molar-refractivity contribution < 1.29 is 41.8 Å².